The first-order valence-corrected chi connectivity index (χ1v) is 6.92. The van der Waals surface area contributed by atoms with Crippen LogP contribution in [0.2, 0.25) is 0 Å². The highest BCUT2D eigenvalue weighted by atomic mass is 16.5. The average Bonchev–Trinajstić information content (AvgIpc) is 2.83. The minimum Gasteiger partial charge on any atom is -0.497 e. The number of nitrogens with zero attached hydrogens (tertiary/aromatic N) is 3. The lowest BCUT2D eigenvalue weighted by atomic mass is 10.2. The van der Waals surface area contributed by atoms with Crippen molar-refractivity contribution < 1.29 is 4.74 Å². The van der Waals surface area contributed by atoms with Crippen molar-refractivity contribution in [3.05, 3.63) is 24.0 Å². The number of imidazole rings is 1. The normalized spacial score (nSPS) is 14.8. The van der Waals surface area contributed by atoms with E-state index in [1.54, 1.807) is 7.11 Å². The van der Waals surface area contributed by atoms with Crippen molar-refractivity contribution >= 4 is 11.0 Å². The number of ether oxygens (including phenoxy) is 1. The van der Waals surface area contributed by atoms with Crippen LogP contribution in [0.1, 0.15) is 31.8 Å². The van der Waals surface area contributed by atoms with Gasteiger partial charge in [-0.3, -0.25) is 4.90 Å². The minimum atomic E-state index is 0.214. The highest BCUT2D eigenvalue weighted by Gasteiger charge is 2.21. The molecular weight excluding hydrogens is 252 g/mol. The molecule has 5 nitrogen and oxygen atoms in total. The average molecular weight is 276 g/mol. The lowest BCUT2D eigenvalue weighted by Gasteiger charge is -2.23. The summed E-state index contributed by atoms with van der Waals surface area (Å²) in [7, 11) is 5.79. The third-order valence-corrected chi connectivity index (χ3v) is 3.85. The molecular formula is C15H24N4O. The summed E-state index contributed by atoms with van der Waals surface area (Å²) in [5.74, 6) is 1.86. The Morgan fingerprint density at radius 3 is 2.60 bits per heavy atom. The molecule has 1 heterocycles. The van der Waals surface area contributed by atoms with E-state index in [0.29, 0.717) is 6.54 Å². The largest absolute Gasteiger partial charge is 0.497 e. The number of hydrogen-bond donors (Lipinski definition) is 1. The Morgan fingerprint density at radius 1 is 1.35 bits per heavy atom. The van der Waals surface area contributed by atoms with Gasteiger partial charge in [-0.15, -0.1) is 0 Å². The second-order valence-electron chi connectivity index (χ2n) is 5.42. The molecule has 0 aliphatic carbocycles. The molecule has 0 spiro atoms. The van der Waals surface area contributed by atoms with E-state index in [4.69, 9.17) is 15.5 Å². The molecule has 2 aromatic rings. The predicted octanol–water partition coefficient (Wildman–Crippen LogP) is 2.19. The first-order valence-electron chi connectivity index (χ1n) is 6.92. The summed E-state index contributed by atoms with van der Waals surface area (Å²) in [4.78, 5) is 6.95. The van der Waals surface area contributed by atoms with Crippen LogP contribution in [0.4, 0.5) is 0 Å². The molecule has 2 N–H and O–H groups in total. The van der Waals surface area contributed by atoms with Crippen molar-refractivity contribution in [1.82, 2.24) is 14.5 Å². The van der Waals surface area contributed by atoms with Crippen LogP contribution >= 0.6 is 0 Å². The van der Waals surface area contributed by atoms with Gasteiger partial charge in [0.05, 0.1) is 24.2 Å². The number of hydrogen-bond acceptors (Lipinski definition) is 4. The van der Waals surface area contributed by atoms with E-state index in [2.05, 4.69) is 43.5 Å². The topological polar surface area (TPSA) is 56.3 Å². The van der Waals surface area contributed by atoms with Crippen molar-refractivity contribution in [1.29, 1.82) is 0 Å². The first kappa shape index (κ1) is 14.8. The van der Waals surface area contributed by atoms with Crippen LogP contribution in [0, 0.1) is 0 Å². The van der Waals surface area contributed by atoms with Gasteiger partial charge in [-0.25, -0.2) is 4.98 Å². The molecule has 0 radical (unpaired) electrons. The SMILES string of the molecule is COc1ccc2c(c1)nc(C(C)N(C)C)n2C(C)CN. The van der Waals surface area contributed by atoms with E-state index in [9.17, 15) is 0 Å². The van der Waals surface area contributed by atoms with E-state index in [1.165, 1.54) is 0 Å². The van der Waals surface area contributed by atoms with Gasteiger partial charge in [0, 0.05) is 18.7 Å². The summed E-state index contributed by atoms with van der Waals surface area (Å²) >= 11 is 0. The van der Waals surface area contributed by atoms with Gasteiger partial charge >= 0.3 is 0 Å². The van der Waals surface area contributed by atoms with E-state index >= 15 is 0 Å². The van der Waals surface area contributed by atoms with E-state index in [1.807, 2.05) is 12.1 Å². The highest BCUT2D eigenvalue weighted by Crippen LogP contribution is 2.28. The maximum Gasteiger partial charge on any atom is 0.127 e. The number of benzene rings is 1. The molecule has 0 saturated carbocycles. The first-order chi connectivity index (χ1) is 9.49. The number of aromatic nitrogens is 2. The molecule has 20 heavy (non-hydrogen) atoms. The maximum atomic E-state index is 5.87. The van der Waals surface area contributed by atoms with E-state index < -0.39 is 0 Å². The van der Waals surface area contributed by atoms with Gasteiger partial charge < -0.3 is 15.0 Å². The van der Waals surface area contributed by atoms with Crippen LogP contribution < -0.4 is 10.5 Å². The molecule has 2 unspecified atom stereocenters. The lowest BCUT2D eigenvalue weighted by Crippen LogP contribution is -2.24. The summed E-state index contributed by atoms with van der Waals surface area (Å²) in [6, 6.07) is 6.43. The number of rotatable bonds is 5. The standard InChI is InChI=1S/C15H24N4O/c1-10(9-16)19-14-7-6-12(20-5)8-13(14)17-15(19)11(2)18(3)4/h6-8,10-11H,9,16H2,1-5H3. The van der Waals surface area contributed by atoms with Crippen molar-refractivity contribution in [3.8, 4) is 5.75 Å². The predicted molar refractivity (Wildman–Crippen MR) is 82.2 cm³/mol. The Balaban J connectivity index is 2.65. The summed E-state index contributed by atoms with van der Waals surface area (Å²) in [5.41, 5.74) is 7.92. The monoisotopic (exact) mass is 276 g/mol. The highest BCUT2D eigenvalue weighted by molar-refractivity contribution is 5.78. The van der Waals surface area contributed by atoms with Gasteiger partial charge in [0.1, 0.15) is 11.6 Å². The zero-order valence-corrected chi connectivity index (χ0v) is 12.9. The summed E-state index contributed by atoms with van der Waals surface area (Å²) in [5, 5.41) is 0. The molecule has 2 rings (SSSR count). The molecule has 0 fully saturated rings. The molecule has 5 heteroatoms. The Morgan fingerprint density at radius 2 is 2.05 bits per heavy atom. The zero-order chi connectivity index (χ0) is 14.9. The molecule has 0 saturated heterocycles. The van der Waals surface area contributed by atoms with Crippen molar-refractivity contribution in [3.63, 3.8) is 0 Å². The van der Waals surface area contributed by atoms with Crippen LogP contribution in [0.5, 0.6) is 5.75 Å². The van der Waals surface area contributed by atoms with E-state index in [0.717, 1.165) is 22.6 Å². The van der Waals surface area contributed by atoms with Crippen LogP contribution in [0.15, 0.2) is 18.2 Å². The molecule has 1 aromatic carbocycles. The zero-order valence-electron chi connectivity index (χ0n) is 12.9. The second-order valence-corrected chi connectivity index (χ2v) is 5.42. The Kier molecular flexibility index (Phi) is 4.30. The van der Waals surface area contributed by atoms with Gasteiger partial charge in [-0.05, 0) is 40.1 Å². The van der Waals surface area contributed by atoms with Crippen LogP contribution in [-0.4, -0.2) is 42.2 Å². The molecule has 110 valence electrons. The maximum absolute atomic E-state index is 5.87. The Labute approximate surface area is 120 Å². The molecule has 0 bridgehead atoms. The van der Waals surface area contributed by atoms with Gasteiger partial charge in [0.15, 0.2) is 0 Å². The molecule has 2 atom stereocenters. The fourth-order valence-corrected chi connectivity index (χ4v) is 2.32. The summed E-state index contributed by atoms with van der Waals surface area (Å²) in [6.07, 6.45) is 0. The molecule has 0 aliphatic heterocycles. The fourth-order valence-electron chi connectivity index (χ4n) is 2.32. The van der Waals surface area contributed by atoms with Crippen molar-refractivity contribution in [2.75, 3.05) is 27.7 Å². The quantitative estimate of drug-likeness (QED) is 0.909. The Bertz CT molecular complexity index is 591. The van der Waals surface area contributed by atoms with Gasteiger partial charge in [0.25, 0.3) is 0 Å². The van der Waals surface area contributed by atoms with E-state index in [-0.39, 0.29) is 12.1 Å². The van der Waals surface area contributed by atoms with Crippen molar-refractivity contribution in [2.24, 2.45) is 5.73 Å². The summed E-state index contributed by atoms with van der Waals surface area (Å²) in [6.45, 7) is 4.86. The Hall–Kier alpha value is -1.59. The third kappa shape index (κ3) is 2.51. The van der Waals surface area contributed by atoms with Crippen LogP contribution in [0.3, 0.4) is 0 Å². The second kappa shape index (κ2) is 5.81. The van der Waals surface area contributed by atoms with Crippen molar-refractivity contribution in [2.45, 2.75) is 25.9 Å². The molecule has 0 amide bonds. The fraction of sp³-hybridized carbons (Fsp3) is 0.533. The van der Waals surface area contributed by atoms with Gasteiger partial charge in [0.2, 0.25) is 0 Å². The molecule has 1 aromatic heterocycles. The number of fused-ring (bicyclic) bond motifs is 1. The van der Waals surface area contributed by atoms with Gasteiger partial charge in [-0.1, -0.05) is 0 Å². The van der Waals surface area contributed by atoms with Gasteiger partial charge in [-0.2, -0.15) is 0 Å². The third-order valence-electron chi connectivity index (χ3n) is 3.85. The van der Waals surface area contributed by atoms with Crippen LogP contribution in [-0.2, 0) is 0 Å². The number of methoxy groups -OCH3 is 1. The number of nitrogens with two attached hydrogens (primary N) is 1. The summed E-state index contributed by atoms with van der Waals surface area (Å²) < 4.78 is 7.52. The van der Waals surface area contributed by atoms with Crippen LogP contribution in [0.25, 0.3) is 11.0 Å². The smallest absolute Gasteiger partial charge is 0.127 e. The minimum absolute atomic E-state index is 0.214. The molecule has 0 aliphatic rings. The lowest BCUT2D eigenvalue weighted by molar-refractivity contribution is 0.297.